The number of halogens is 3. The number of piperazine rings is 1. The van der Waals surface area contributed by atoms with E-state index < -0.39 is 17.9 Å². The Balaban J connectivity index is 0.000000171. The van der Waals surface area contributed by atoms with Crippen molar-refractivity contribution in [2.24, 2.45) is 0 Å². The normalized spacial score (nSPS) is 20.0. The van der Waals surface area contributed by atoms with Gasteiger partial charge < -0.3 is 19.3 Å². The summed E-state index contributed by atoms with van der Waals surface area (Å²) in [6.07, 6.45) is 3.54. The summed E-state index contributed by atoms with van der Waals surface area (Å²) in [5, 5.41) is 10.5. The van der Waals surface area contributed by atoms with Crippen molar-refractivity contribution in [2.45, 2.75) is 51.4 Å². The maximum atomic E-state index is 13.0. The zero-order chi connectivity index (χ0) is 33.1. The van der Waals surface area contributed by atoms with Crippen molar-refractivity contribution in [2.75, 3.05) is 57.9 Å². The van der Waals surface area contributed by atoms with Gasteiger partial charge in [-0.3, -0.25) is 9.69 Å². The highest BCUT2D eigenvalue weighted by Gasteiger charge is 2.34. The van der Waals surface area contributed by atoms with Crippen molar-refractivity contribution >= 4 is 34.1 Å². The second-order valence-electron chi connectivity index (χ2n) is 11.3. The fourth-order valence-electron chi connectivity index (χ4n) is 6.05. The zero-order valence-corrected chi connectivity index (χ0v) is 27.2. The lowest BCUT2D eigenvalue weighted by atomic mass is 10.1. The Morgan fingerprint density at radius 3 is 2.52 bits per heavy atom. The van der Waals surface area contributed by atoms with Gasteiger partial charge in [0.1, 0.15) is 12.0 Å². The Morgan fingerprint density at radius 1 is 1.13 bits per heavy atom. The summed E-state index contributed by atoms with van der Waals surface area (Å²) in [7, 11) is 1.54. The third kappa shape index (κ3) is 9.12. The van der Waals surface area contributed by atoms with Gasteiger partial charge in [-0.25, -0.2) is 8.78 Å². The number of carbonyl (C=O) groups is 1. The van der Waals surface area contributed by atoms with Crippen LogP contribution in [0.5, 0.6) is 6.01 Å². The molecule has 3 aromatic rings. The number of methoxy groups -OCH3 is 1. The van der Waals surface area contributed by atoms with Gasteiger partial charge in [0.05, 0.1) is 32.1 Å². The lowest BCUT2D eigenvalue weighted by Crippen LogP contribution is -2.49. The highest BCUT2D eigenvalue weighted by Crippen LogP contribution is 2.30. The van der Waals surface area contributed by atoms with Crippen molar-refractivity contribution < 1.29 is 23.0 Å². The summed E-state index contributed by atoms with van der Waals surface area (Å²) in [5.74, 6) is -0.791. The van der Waals surface area contributed by atoms with Crippen LogP contribution in [0.2, 0.25) is 5.02 Å². The molecule has 1 amide bonds. The molecule has 0 saturated carbocycles. The van der Waals surface area contributed by atoms with Crippen molar-refractivity contribution in [1.82, 2.24) is 19.8 Å². The number of hydrogen-bond donors (Lipinski definition) is 0. The van der Waals surface area contributed by atoms with E-state index in [0.29, 0.717) is 58.0 Å². The minimum Gasteiger partial charge on any atom is -0.467 e. The Bertz CT molecular complexity index is 1510. The van der Waals surface area contributed by atoms with E-state index in [1.165, 1.54) is 37.2 Å². The predicted octanol–water partition coefficient (Wildman–Crippen LogP) is 5.91. The monoisotopic (exact) mass is 654 g/mol. The van der Waals surface area contributed by atoms with E-state index in [1.807, 2.05) is 30.3 Å². The van der Waals surface area contributed by atoms with Gasteiger partial charge in [-0.15, -0.1) is 0 Å². The third-order valence-electron chi connectivity index (χ3n) is 8.26. The van der Waals surface area contributed by atoms with Gasteiger partial charge in [0.2, 0.25) is 0 Å². The SMILES string of the molecule is C=C(F)C(=O)N1CCN(c2nc(OC)nc3c2COCC3)CC1.CC#N.Clc1cccc2ccccc12.FC1CC2CCCN2C1. The number of fused-ring (bicyclic) bond motifs is 3. The number of aromatic nitrogens is 2. The van der Waals surface area contributed by atoms with Crippen LogP contribution < -0.4 is 9.64 Å². The summed E-state index contributed by atoms with van der Waals surface area (Å²) in [4.78, 5) is 26.3. The number of nitrogens with zero attached hydrogens (tertiary/aromatic N) is 6. The first-order valence-corrected chi connectivity index (χ1v) is 15.9. The minimum atomic E-state index is -0.923. The molecule has 12 heteroatoms. The van der Waals surface area contributed by atoms with E-state index in [2.05, 4.69) is 38.5 Å². The molecule has 2 unspecified atom stereocenters. The van der Waals surface area contributed by atoms with Crippen LogP contribution in [0.3, 0.4) is 0 Å². The molecule has 0 aliphatic carbocycles. The molecule has 2 atom stereocenters. The highest BCUT2D eigenvalue weighted by molar-refractivity contribution is 6.35. The fourth-order valence-corrected chi connectivity index (χ4v) is 6.30. The summed E-state index contributed by atoms with van der Waals surface area (Å²) < 4.78 is 36.3. The van der Waals surface area contributed by atoms with Gasteiger partial charge in [0.25, 0.3) is 5.91 Å². The Morgan fingerprint density at radius 2 is 1.85 bits per heavy atom. The Labute approximate surface area is 274 Å². The van der Waals surface area contributed by atoms with Crippen molar-refractivity contribution in [3.8, 4) is 12.1 Å². The summed E-state index contributed by atoms with van der Waals surface area (Å²) in [5.41, 5.74) is 1.90. The second kappa shape index (κ2) is 17.2. The maximum Gasteiger partial charge on any atom is 0.318 e. The molecular weight excluding hydrogens is 614 g/mol. The van der Waals surface area contributed by atoms with Gasteiger partial charge in [0, 0.05) is 68.1 Å². The van der Waals surface area contributed by atoms with Crippen LogP contribution in [0.15, 0.2) is 54.9 Å². The molecule has 4 aliphatic rings. The summed E-state index contributed by atoms with van der Waals surface area (Å²) in [6, 6.07) is 16.7. The fraction of sp³-hybridized carbons (Fsp3) is 0.471. The van der Waals surface area contributed by atoms with E-state index in [0.717, 1.165) is 46.9 Å². The number of ether oxygens (including phenoxy) is 2. The van der Waals surface area contributed by atoms with E-state index in [9.17, 15) is 13.6 Å². The van der Waals surface area contributed by atoms with Crippen molar-refractivity contribution in [3.05, 3.63) is 71.2 Å². The Hall–Kier alpha value is -3.85. The second-order valence-corrected chi connectivity index (χ2v) is 11.7. The van der Waals surface area contributed by atoms with Crippen LogP contribution in [0, 0.1) is 11.3 Å². The van der Waals surface area contributed by atoms with Gasteiger partial charge in [-0.05, 0) is 37.3 Å². The molecule has 0 N–H and O–H groups in total. The topological polar surface area (TPSA) is 94.8 Å². The van der Waals surface area contributed by atoms with Gasteiger partial charge in [-0.2, -0.15) is 15.2 Å². The maximum absolute atomic E-state index is 13.0. The number of rotatable bonds is 3. The van der Waals surface area contributed by atoms with Gasteiger partial charge in [-0.1, -0.05) is 54.6 Å². The number of benzene rings is 2. The van der Waals surface area contributed by atoms with E-state index >= 15 is 0 Å². The molecule has 0 bridgehead atoms. The molecule has 1 aromatic heterocycles. The first-order chi connectivity index (χ1) is 22.2. The van der Waals surface area contributed by atoms with Crippen molar-refractivity contribution in [3.63, 3.8) is 0 Å². The molecule has 46 heavy (non-hydrogen) atoms. The third-order valence-corrected chi connectivity index (χ3v) is 8.59. The smallest absolute Gasteiger partial charge is 0.318 e. The number of carbonyl (C=O) groups excluding carboxylic acids is 1. The van der Waals surface area contributed by atoms with Crippen LogP contribution in [0.1, 0.15) is 37.4 Å². The number of alkyl halides is 1. The summed E-state index contributed by atoms with van der Waals surface area (Å²) >= 11 is 5.96. The Kier molecular flexibility index (Phi) is 13.1. The molecule has 2 aromatic carbocycles. The quantitative estimate of drug-likeness (QED) is 0.322. The number of anilines is 1. The molecule has 5 heterocycles. The van der Waals surface area contributed by atoms with E-state index in [1.54, 1.807) is 6.07 Å². The lowest BCUT2D eigenvalue weighted by Gasteiger charge is -2.36. The number of hydrogen-bond acceptors (Lipinski definition) is 8. The predicted molar refractivity (Wildman–Crippen MR) is 175 cm³/mol. The van der Waals surface area contributed by atoms with Crippen molar-refractivity contribution in [1.29, 1.82) is 5.26 Å². The summed E-state index contributed by atoms with van der Waals surface area (Å²) in [6.45, 7) is 9.41. The number of amides is 1. The molecule has 0 radical (unpaired) electrons. The van der Waals surface area contributed by atoms with Crippen LogP contribution in [-0.4, -0.2) is 90.9 Å². The van der Waals surface area contributed by atoms with Crippen LogP contribution in [0.25, 0.3) is 10.8 Å². The highest BCUT2D eigenvalue weighted by atomic mass is 35.5. The van der Waals surface area contributed by atoms with Crippen LogP contribution in [0.4, 0.5) is 14.6 Å². The first-order valence-electron chi connectivity index (χ1n) is 15.5. The molecule has 3 saturated heterocycles. The molecular formula is C34H41ClF2N6O3. The standard InChI is InChI=1S/C15H19FN4O3.C10H7Cl.C7H12FN.C2H3N/c1-10(16)14(21)20-6-4-19(5-7-20)13-11-9-23-8-3-12(11)17-15(18-13)22-2;11-10-7-3-5-8-4-1-2-6-9(8)10;8-6-4-7-2-1-3-9(7)5-6;1-2-3/h1,3-9H2,2H3;1-7H;6-7H,1-5H2;1H3. The van der Waals surface area contributed by atoms with E-state index in [4.69, 9.17) is 26.3 Å². The molecule has 7 rings (SSSR count). The zero-order valence-electron chi connectivity index (χ0n) is 26.4. The average molecular weight is 655 g/mol. The average Bonchev–Trinajstić information content (AvgIpc) is 3.66. The molecule has 246 valence electrons. The molecule has 3 fully saturated rings. The first kappa shape index (κ1) is 35.0. The molecule has 9 nitrogen and oxygen atoms in total. The number of nitriles is 1. The van der Waals surface area contributed by atoms with Gasteiger partial charge in [0.15, 0.2) is 5.83 Å². The minimum absolute atomic E-state index is 0.330. The lowest BCUT2D eigenvalue weighted by molar-refractivity contribution is -0.128. The molecule has 4 aliphatic heterocycles. The molecule has 0 spiro atoms. The largest absolute Gasteiger partial charge is 0.467 e. The van der Waals surface area contributed by atoms with Crippen LogP contribution in [-0.2, 0) is 22.6 Å². The van der Waals surface area contributed by atoms with Crippen LogP contribution >= 0.6 is 11.6 Å². The van der Waals surface area contributed by atoms with Gasteiger partial charge >= 0.3 is 6.01 Å². The van der Waals surface area contributed by atoms with E-state index in [-0.39, 0.29) is 0 Å².